The van der Waals surface area contributed by atoms with E-state index in [2.05, 4.69) is 11.6 Å². The molecule has 2 rings (SSSR count). The quantitative estimate of drug-likeness (QED) is 0.603. The Kier molecular flexibility index (Phi) is 6.59. The van der Waals surface area contributed by atoms with Gasteiger partial charge in [0.25, 0.3) is 0 Å². The van der Waals surface area contributed by atoms with Crippen molar-refractivity contribution in [3.63, 3.8) is 0 Å². The maximum absolute atomic E-state index is 13.1. The van der Waals surface area contributed by atoms with E-state index in [1.165, 1.54) is 12.3 Å². The monoisotopic (exact) mass is 345 g/mol. The maximum atomic E-state index is 13.1. The molecular weight excluding hydrogens is 323 g/mol. The number of alkyl halides is 3. The highest BCUT2D eigenvalue weighted by atomic mass is 19.4. The van der Waals surface area contributed by atoms with Gasteiger partial charge in [-0.3, -0.25) is 4.90 Å². The zero-order chi connectivity index (χ0) is 17.6. The molecule has 1 N–H and O–H groups in total. The van der Waals surface area contributed by atoms with Gasteiger partial charge in [-0.15, -0.1) is 6.58 Å². The van der Waals surface area contributed by atoms with E-state index in [9.17, 15) is 18.3 Å². The number of aliphatic hydroxyl groups is 1. The molecule has 1 fully saturated rings. The van der Waals surface area contributed by atoms with Crippen molar-refractivity contribution in [3.8, 4) is 0 Å². The molecule has 1 aromatic rings. The second-order valence-corrected chi connectivity index (χ2v) is 5.64. The standard InChI is InChI=1S/C16H22F3N3O2/c1-2-10-24-12-13(23)11-21-6-8-22(9-7-21)15-14(16(17,18)19)4-3-5-20-15/h2-5,13,23H,1,6-12H2. The number of anilines is 1. The molecule has 0 spiro atoms. The minimum atomic E-state index is -4.42. The van der Waals surface area contributed by atoms with Crippen molar-refractivity contribution in [2.45, 2.75) is 12.3 Å². The summed E-state index contributed by atoms with van der Waals surface area (Å²) < 4.78 is 44.4. The van der Waals surface area contributed by atoms with E-state index in [4.69, 9.17) is 4.74 Å². The van der Waals surface area contributed by atoms with Gasteiger partial charge < -0.3 is 14.7 Å². The van der Waals surface area contributed by atoms with Gasteiger partial charge in [0.15, 0.2) is 0 Å². The van der Waals surface area contributed by atoms with Crippen LogP contribution in [0.2, 0.25) is 0 Å². The predicted molar refractivity (Wildman–Crippen MR) is 84.9 cm³/mol. The Morgan fingerprint density at radius 2 is 2.04 bits per heavy atom. The number of aromatic nitrogens is 1. The van der Waals surface area contributed by atoms with E-state index in [1.807, 2.05) is 4.90 Å². The van der Waals surface area contributed by atoms with Gasteiger partial charge in [0.05, 0.1) is 24.9 Å². The first-order chi connectivity index (χ1) is 11.4. The Morgan fingerprint density at radius 1 is 1.33 bits per heavy atom. The van der Waals surface area contributed by atoms with Gasteiger partial charge in [0, 0.05) is 38.9 Å². The van der Waals surface area contributed by atoms with Gasteiger partial charge in [-0.05, 0) is 12.1 Å². The molecule has 0 amide bonds. The number of halogens is 3. The van der Waals surface area contributed by atoms with Crippen molar-refractivity contribution in [1.82, 2.24) is 9.88 Å². The Morgan fingerprint density at radius 3 is 2.67 bits per heavy atom. The van der Waals surface area contributed by atoms with Crippen LogP contribution in [0.4, 0.5) is 19.0 Å². The zero-order valence-corrected chi connectivity index (χ0v) is 13.4. The third-order valence-corrected chi connectivity index (χ3v) is 3.78. The summed E-state index contributed by atoms with van der Waals surface area (Å²) in [5, 5.41) is 9.89. The average molecular weight is 345 g/mol. The fourth-order valence-electron chi connectivity index (χ4n) is 2.65. The number of β-amino-alcohol motifs (C(OH)–C–C–N with tert-alkyl or cyclic N) is 1. The summed E-state index contributed by atoms with van der Waals surface area (Å²) in [6.45, 7) is 6.53. The van der Waals surface area contributed by atoms with E-state index >= 15 is 0 Å². The van der Waals surface area contributed by atoms with Crippen LogP contribution in [0.3, 0.4) is 0 Å². The smallest absolute Gasteiger partial charge is 0.389 e. The van der Waals surface area contributed by atoms with E-state index in [0.717, 1.165) is 6.07 Å². The highest BCUT2D eigenvalue weighted by Crippen LogP contribution is 2.35. The fraction of sp³-hybridized carbons (Fsp3) is 0.562. The Bertz CT molecular complexity index is 532. The lowest BCUT2D eigenvalue weighted by molar-refractivity contribution is -0.137. The molecule has 134 valence electrons. The van der Waals surface area contributed by atoms with Crippen LogP contribution in [-0.2, 0) is 10.9 Å². The van der Waals surface area contributed by atoms with Gasteiger partial charge in [-0.25, -0.2) is 4.98 Å². The first kappa shape index (κ1) is 18.7. The summed E-state index contributed by atoms with van der Waals surface area (Å²) in [6, 6.07) is 2.34. The van der Waals surface area contributed by atoms with Crippen LogP contribution in [0.25, 0.3) is 0 Å². The number of aliphatic hydroxyl groups excluding tert-OH is 1. The van der Waals surface area contributed by atoms with Gasteiger partial charge in [-0.2, -0.15) is 13.2 Å². The molecule has 1 saturated heterocycles. The summed E-state index contributed by atoms with van der Waals surface area (Å²) in [4.78, 5) is 7.56. The zero-order valence-electron chi connectivity index (χ0n) is 13.4. The lowest BCUT2D eigenvalue weighted by Gasteiger charge is -2.37. The van der Waals surface area contributed by atoms with E-state index < -0.39 is 17.8 Å². The minimum Gasteiger partial charge on any atom is -0.389 e. The molecule has 1 aliphatic heterocycles. The molecule has 1 atom stereocenters. The maximum Gasteiger partial charge on any atom is 0.419 e. The number of ether oxygens (including phenoxy) is 1. The van der Waals surface area contributed by atoms with Crippen molar-refractivity contribution >= 4 is 5.82 Å². The first-order valence-electron chi connectivity index (χ1n) is 7.78. The second-order valence-electron chi connectivity index (χ2n) is 5.64. The molecule has 24 heavy (non-hydrogen) atoms. The molecule has 8 heteroatoms. The van der Waals surface area contributed by atoms with Gasteiger partial charge >= 0.3 is 6.18 Å². The Hall–Kier alpha value is -1.64. The van der Waals surface area contributed by atoms with Crippen molar-refractivity contribution < 1.29 is 23.0 Å². The van der Waals surface area contributed by atoms with E-state index in [-0.39, 0.29) is 12.4 Å². The van der Waals surface area contributed by atoms with E-state index in [0.29, 0.717) is 39.3 Å². The molecular formula is C16H22F3N3O2. The van der Waals surface area contributed by atoms with E-state index in [1.54, 1.807) is 11.0 Å². The molecule has 1 aromatic heterocycles. The number of hydrogen-bond donors (Lipinski definition) is 1. The normalized spacial score (nSPS) is 17.8. The van der Waals surface area contributed by atoms with Crippen molar-refractivity contribution in [3.05, 3.63) is 36.5 Å². The molecule has 2 heterocycles. The first-order valence-corrected chi connectivity index (χ1v) is 7.78. The van der Waals surface area contributed by atoms with Crippen LogP contribution < -0.4 is 4.90 Å². The highest BCUT2D eigenvalue weighted by Gasteiger charge is 2.36. The number of pyridine rings is 1. The van der Waals surface area contributed by atoms with Crippen LogP contribution in [0, 0.1) is 0 Å². The van der Waals surface area contributed by atoms with Gasteiger partial charge in [0.2, 0.25) is 0 Å². The minimum absolute atomic E-state index is 0.0282. The Balaban J connectivity index is 1.88. The van der Waals surface area contributed by atoms with Crippen LogP contribution in [0.5, 0.6) is 0 Å². The molecule has 5 nitrogen and oxygen atoms in total. The third-order valence-electron chi connectivity index (χ3n) is 3.78. The summed E-state index contributed by atoms with van der Waals surface area (Å²) >= 11 is 0. The summed E-state index contributed by atoms with van der Waals surface area (Å²) in [7, 11) is 0. The molecule has 1 aliphatic rings. The average Bonchev–Trinajstić information content (AvgIpc) is 2.55. The van der Waals surface area contributed by atoms with Crippen molar-refractivity contribution in [2.75, 3.05) is 50.8 Å². The van der Waals surface area contributed by atoms with Gasteiger partial charge in [-0.1, -0.05) is 6.08 Å². The lowest BCUT2D eigenvalue weighted by Crippen LogP contribution is -2.49. The fourth-order valence-corrected chi connectivity index (χ4v) is 2.65. The number of hydrogen-bond acceptors (Lipinski definition) is 5. The summed E-state index contributed by atoms with van der Waals surface area (Å²) in [5.74, 6) is -0.0282. The van der Waals surface area contributed by atoms with Crippen LogP contribution in [0.1, 0.15) is 5.56 Å². The molecule has 0 aromatic carbocycles. The van der Waals surface area contributed by atoms with Crippen LogP contribution in [0.15, 0.2) is 31.0 Å². The highest BCUT2D eigenvalue weighted by molar-refractivity contribution is 5.48. The topological polar surface area (TPSA) is 48.8 Å². The third kappa shape index (κ3) is 5.19. The molecule has 0 saturated carbocycles. The van der Waals surface area contributed by atoms with Crippen LogP contribution >= 0.6 is 0 Å². The molecule has 0 radical (unpaired) electrons. The number of piperazine rings is 1. The SMILES string of the molecule is C=CCOCC(O)CN1CCN(c2ncccc2C(F)(F)F)CC1. The van der Waals surface area contributed by atoms with Crippen molar-refractivity contribution in [1.29, 1.82) is 0 Å². The van der Waals surface area contributed by atoms with Gasteiger partial charge in [0.1, 0.15) is 5.82 Å². The number of rotatable bonds is 7. The molecule has 1 unspecified atom stereocenters. The summed E-state index contributed by atoms with van der Waals surface area (Å²) in [5.41, 5.74) is -0.712. The summed E-state index contributed by atoms with van der Waals surface area (Å²) in [6.07, 6.45) is -2.06. The lowest BCUT2D eigenvalue weighted by atomic mass is 10.2. The van der Waals surface area contributed by atoms with Crippen molar-refractivity contribution in [2.24, 2.45) is 0 Å². The number of nitrogens with zero attached hydrogens (tertiary/aromatic N) is 3. The molecule has 0 aliphatic carbocycles. The largest absolute Gasteiger partial charge is 0.419 e. The predicted octanol–water partition coefficient (Wildman–Crippen LogP) is 1.79. The van der Waals surface area contributed by atoms with Crippen LogP contribution in [-0.4, -0.2) is 67.0 Å². The second kappa shape index (κ2) is 8.46. The molecule has 0 bridgehead atoms. The Labute approximate surface area is 139 Å².